The molecule has 0 aliphatic carbocycles. The molecule has 0 atom stereocenters. The van der Waals surface area contributed by atoms with Gasteiger partial charge < -0.3 is 4.74 Å². The SMILES string of the molecule is COc1ccc(C=C[N+](=O)[O-])cc1C#N. The fourth-order valence-electron chi connectivity index (χ4n) is 1.06. The van der Waals surface area contributed by atoms with Gasteiger partial charge in [0.05, 0.1) is 17.6 Å². The van der Waals surface area contributed by atoms with Crippen molar-refractivity contribution in [2.24, 2.45) is 0 Å². The van der Waals surface area contributed by atoms with Gasteiger partial charge in [-0.1, -0.05) is 6.07 Å². The van der Waals surface area contributed by atoms with Crippen LogP contribution in [0.4, 0.5) is 0 Å². The van der Waals surface area contributed by atoms with E-state index in [0.717, 1.165) is 6.20 Å². The van der Waals surface area contributed by atoms with Gasteiger partial charge in [-0.15, -0.1) is 0 Å². The summed E-state index contributed by atoms with van der Waals surface area (Å²) in [6.07, 6.45) is 2.14. The van der Waals surface area contributed by atoms with Gasteiger partial charge in [0.2, 0.25) is 6.20 Å². The Labute approximate surface area is 86.4 Å². The van der Waals surface area contributed by atoms with Crippen molar-refractivity contribution in [3.05, 3.63) is 45.6 Å². The van der Waals surface area contributed by atoms with Crippen LogP contribution in [0.1, 0.15) is 11.1 Å². The summed E-state index contributed by atoms with van der Waals surface area (Å²) in [5.41, 5.74) is 0.937. The minimum absolute atomic E-state index is 0.350. The molecule has 0 bridgehead atoms. The smallest absolute Gasteiger partial charge is 0.235 e. The molecule has 15 heavy (non-hydrogen) atoms. The molecule has 0 fully saturated rings. The summed E-state index contributed by atoms with van der Waals surface area (Å²) < 4.78 is 4.94. The first-order chi connectivity index (χ1) is 7.17. The van der Waals surface area contributed by atoms with Crippen molar-refractivity contribution in [3.63, 3.8) is 0 Å². The number of nitrogens with zero attached hydrogens (tertiary/aromatic N) is 2. The van der Waals surface area contributed by atoms with Crippen LogP contribution in [-0.4, -0.2) is 12.0 Å². The highest BCUT2D eigenvalue weighted by atomic mass is 16.6. The number of hydrogen-bond donors (Lipinski definition) is 0. The van der Waals surface area contributed by atoms with Gasteiger partial charge in [0, 0.05) is 6.08 Å². The fourth-order valence-corrected chi connectivity index (χ4v) is 1.06. The van der Waals surface area contributed by atoms with E-state index in [2.05, 4.69) is 0 Å². The van der Waals surface area contributed by atoms with Gasteiger partial charge in [0.1, 0.15) is 11.8 Å². The number of hydrogen-bond acceptors (Lipinski definition) is 4. The Hall–Kier alpha value is -2.35. The van der Waals surface area contributed by atoms with Crippen molar-refractivity contribution in [1.82, 2.24) is 0 Å². The number of ether oxygens (including phenoxy) is 1. The first-order valence-corrected chi connectivity index (χ1v) is 4.07. The van der Waals surface area contributed by atoms with Crippen molar-refractivity contribution < 1.29 is 9.66 Å². The van der Waals surface area contributed by atoms with Crippen molar-refractivity contribution in [1.29, 1.82) is 5.26 Å². The highest BCUT2D eigenvalue weighted by Crippen LogP contribution is 2.19. The van der Waals surface area contributed by atoms with Gasteiger partial charge in [-0.3, -0.25) is 10.1 Å². The lowest BCUT2D eigenvalue weighted by Gasteiger charge is -2.01. The number of methoxy groups -OCH3 is 1. The van der Waals surface area contributed by atoms with Gasteiger partial charge in [0.25, 0.3) is 0 Å². The third kappa shape index (κ3) is 2.81. The van der Waals surface area contributed by atoms with Crippen molar-refractivity contribution >= 4 is 6.08 Å². The Morgan fingerprint density at radius 1 is 1.60 bits per heavy atom. The lowest BCUT2D eigenvalue weighted by Crippen LogP contribution is -1.88. The maximum atomic E-state index is 10.1. The quantitative estimate of drug-likeness (QED) is 0.555. The minimum Gasteiger partial charge on any atom is -0.495 e. The molecule has 0 amide bonds. The van der Waals surface area contributed by atoms with Crippen LogP contribution in [0, 0.1) is 21.4 Å². The second-order valence-electron chi connectivity index (χ2n) is 2.67. The Morgan fingerprint density at radius 3 is 2.87 bits per heavy atom. The predicted molar refractivity (Wildman–Crippen MR) is 53.7 cm³/mol. The van der Waals surface area contributed by atoms with E-state index in [-0.39, 0.29) is 0 Å². The molecule has 76 valence electrons. The molecular formula is C10H8N2O3. The zero-order chi connectivity index (χ0) is 11.3. The van der Waals surface area contributed by atoms with E-state index in [0.29, 0.717) is 16.9 Å². The normalized spacial score (nSPS) is 9.87. The number of nitro groups is 1. The van der Waals surface area contributed by atoms with E-state index >= 15 is 0 Å². The molecule has 0 aromatic heterocycles. The minimum atomic E-state index is -0.559. The Bertz CT molecular complexity index is 446. The van der Waals surface area contributed by atoms with Crippen LogP contribution < -0.4 is 4.74 Å². The summed E-state index contributed by atoms with van der Waals surface area (Å²) in [4.78, 5) is 9.52. The highest BCUT2D eigenvalue weighted by molar-refractivity contribution is 5.55. The maximum absolute atomic E-state index is 10.1. The molecule has 0 saturated heterocycles. The van der Waals surface area contributed by atoms with Crippen LogP contribution in [0.3, 0.4) is 0 Å². The molecule has 1 rings (SSSR count). The lowest BCUT2D eigenvalue weighted by molar-refractivity contribution is -0.400. The van der Waals surface area contributed by atoms with Crippen molar-refractivity contribution in [3.8, 4) is 11.8 Å². The Morgan fingerprint density at radius 2 is 2.33 bits per heavy atom. The number of rotatable bonds is 3. The zero-order valence-corrected chi connectivity index (χ0v) is 8.01. The van der Waals surface area contributed by atoms with E-state index < -0.39 is 4.92 Å². The molecule has 0 radical (unpaired) electrons. The average Bonchev–Trinajstić information content (AvgIpc) is 2.25. The van der Waals surface area contributed by atoms with Gasteiger partial charge in [0.15, 0.2) is 0 Å². The third-order valence-corrected chi connectivity index (χ3v) is 1.73. The highest BCUT2D eigenvalue weighted by Gasteiger charge is 2.02. The van der Waals surface area contributed by atoms with Crippen molar-refractivity contribution in [2.75, 3.05) is 7.11 Å². The Kier molecular flexibility index (Phi) is 3.41. The van der Waals surface area contributed by atoms with Crippen LogP contribution in [0.15, 0.2) is 24.4 Å². The fraction of sp³-hybridized carbons (Fsp3) is 0.100. The summed E-state index contributed by atoms with van der Waals surface area (Å²) in [6.45, 7) is 0. The lowest BCUT2D eigenvalue weighted by atomic mass is 10.1. The maximum Gasteiger partial charge on any atom is 0.235 e. The monoisotopic (exact) mass is 204 g/mol. The molecule has 0 aliphatic rings. The zero-order valence-electron chi connectivity index (χ0n) is 8.01. The second-order valence-corrected chi connectivity index (χ2v) is 2.67. The van der Waals surface area contributed by atoms with Gasteiger partial charge in [-0.25, -0.2) is 0 Å². The molecule has 0 spiro atoms. The topological polar surface area (TPSA) is 76.2 Å². The Balaban J connectivity index is 3.04. The van der Waals surface area contributed by atoms with Crippen LogP contribution in [0.2, 0.25) is 0 Å². The van der Waals surface area contributed by atoms with E-state index in [1.165, 1.54) is 19.3 Å². The van der Waals surface area contributed by atoms with Gasteiger partial charge in [-0.2, -0.15) is 5.26 Å². The molecule has 0 unspecified atom stereocenters. The summed E-state index contributed by atoms with van der Waals surface area (Å²) in [6, 6.07) is 6.71. The number of benzene rings is 1. The summed E-state index contributed by atoms with van der Waals surface area (Å²) in [5.74, 6) is 0.454. The molecule has 0 aliphatic heterocycles. The third-order valence-electron chi connectivity index (χ3n) is 1.73. The molecule has 1 aromatic carbocycles. The van der Waals surface area contributed by atoms with Crippen LogP contribution in [0.25, 0.3) is 6.08 Å². The van der Waals surface area contributed by atoms with E-state index in [9.17, 15) is 10.1 Å². The van der Waals surface area contributed by atoms with Crippen molar-refractivity contribution in [2.45, 2.75) is 0 Å². The molecule has 5 nitrogen and oxygen atoms in total. The molecule has 5 heteroatoms. The van der Waals surface area contributed by atoms with E-state index in [1.807, 2.05) is 6.07 Å². The first-order valence-electron chi connectivity index (χ1n) is 4.07. The average molecular weight is 204 g/mol. The molecule has 0 N–H and O–H groups in total. The predicted octanol–water partition coefficient (Wildman–Crippen LogP) is 1.81. The first kappa shape index (κ1) is 10.7. The van der Waals surface area contributed by atoms with E-state index in [4.69, 9.17) is 10.00 Å². The van der Waals surface area contributed by atoms with Crippen LogP contribution in [0.5, 0.6) is 5.75 Å². The van der Waals surface area contributed by atoms with Gasteiger partial charge >= 0.3 is 0 Å². The molecule has 1 aromatic rings. The summed E-state index contributed by atoms with van der Waals surface area (Å²) >= 11 is 0. The molecule has 0 heterocycles. The van der Waals surface area contributed by atoms with E-state index in [1.54, 1.807) is 12.1 Å². The summed E-state index contributed by atoms with van der Waals surface area (Å²) in [7, 11) is 1.46. The van der Waals surface area contributed by atoms with Crippen LogP contribution in [-0.2, 0) is 0 Å². The second kappa shape index (κ2) is 4.77. The molecular weight excluding hydrogens is 196 g/mol. The molecule has 0 saturated carbocycles. The standard InChI is InChI=1S/C10H8N2O3/c1-15-10-3-2-8(4-5-12(13)14)6-9(10)7-11/h2-6H,1H3. The number of nitriles is 1. The van der Waals surface area contributed by atoms with Gasteiger partial charge in [-0.05, 0) is 17.7 Å². The summed E-state index contributed by atoms with van der Waals surface area (Å²) in [5, 5.41) is 18.8. The van der Waals surface area contributed by atoms with Crippen LogP contribution >= 0.6 is 0 Å². The largest absolute Gasteiger partial charge is 0.495 e.